The molecule has 0 spiro atoms. The average Bonchev–Trinajstić information content (AvgIpc) is 1.54. The van der Waals surface area contributed by atoms with Crippen LogP contribution in [0.25, 0.3) is 22.6 Å². The number of nitrogens with one attached hydrogen (secondary N) is 7. The molecular formula is C70H93N11O11. The Bertz CT molecular complexity index is 3580. The van der Waals surface area contributed by atoms with E-state index in [0.717, 1.165) is 50.0 Å². The van der Waals surface area contributed by atoms with Crippen molar-refractivity contribution in [3.63, 3.8) is 0 Å². The lowest BCUT2D eigenvalue weighted by atomic mass is 9.76. The van der Waals surface area contributed by atoms with Gasteiger partial charge in [-0.25, -0.2) is 14.4 Å². The van der Waals surface area contributed by atoms with Crippen LogP contribution in [0, 0.1) is 17.3 Å². The first-order valence-corrected chi connectivity index (χ1v) is 31.2. The SMILES string of the molecule is CN[C@@H](C(=O)N[C@H](C(=O)N(C)[C@H](/C=C(\C)C(=O)O)C(C)C)C(C)(C)C)C(C)(C)c1cn(C)c2cc(CNC(=O)OCc3ccc(NC(=O)[C@H](CCCNC(N)=O)NC(=O)[C@@H](NC(=O)CCC(=O)N4Cc5ccccc5/C(C)=C\c5ccccc54)C(C)C)cc3)ccc12. The molecule has 9 amide bonds. The van der Waals surface area contributed by atoms with E-state index >= 15 is 0 Å². The van der Waals surface area contributed by atoms with E-state index < -0.39 is 82.8 Å². The van der Waals surface area contributed by atoms with Crippen molar-refractivity contribution in [1.82, 2.24) is 41.4 Å². The number of nitrogens with two attached hydrogens (primary N) is 1. The van der Waals surface area contributed by atoms with Crippen LogP contribution >= 0.6 is 0 Å². The van der Waals surface area contributed by atoms with Crippen molar-refractivity contribution in [3.05, 3.63) is 142 Å². The molecule has 0 unspecified atom stereocenters. The summed E-state index contributed by atoms with van der Waals surface area (Å²) in [5.41, 5.74) is 12.0. The van der Waals surface area contributed by atoms with E-state index in [9.17, 15) is 48.3 Å². The molecule has 22 heteroatoms. The molecule has 0 saturated carbocycles. The number of anilines is 2. The Balaban J connectivity index is 1.03. The summed E-state index contributed by atoms with van der Waals surface area (Å²) in [5, 5.41) is 30.4. The van der Waals surface area contributed by atoms with Gasteiger partial charge in [-0.15, -0.1) is 0 Å². The second kappa shape index (κ2) is 31.6. The van der Waals surface area contributed by atoms with E-state index in [1.165, 1.54) is 11.8 Å². The van der Waals surface area contributed by atoms with Crippen LogP contribution in [0.15, 0.2) is 109 Å². The van der Waals surface area contributed by atoms with Gasteiger partial charge in [0, 0.05) is 73.8 Å². The summed E-state index contributed by atoms with van der Waals surface area (Å²) >= 11 is 0. The third-order valence-corrected chi connectivity index (χ3v) is 16.8. The Morgan fingerprint density at radius 1 is 0.783 bits per heavy atom. The number of aliphatic carboxylic acids is 1. The lowest BCUT2D eigenvalue weighted by molar-refractivity contribution is -0.141. The topological polar surface area (TPSA) is 305 Å². The molecule has 5 aromatic rings. The number of amides is 9. The minimum absolute atomic E-state index is 0.0959. The minimum atomic E-state index is -1.11. The van der Waals surface area contributed by atoms with Crippen LogP contribution in [0.1, 0.15) is 135 Å². The highest BCUT2D eigenvalue weighted by atomic mass is 16.5. The molecule has 1 aliphatic rings. The number of urea groups is 1. The van der Waals surface area contributed by atoms with Gasteiger partial charge in [0.25, 0.3) is 0 Å². The number of hydrogen-bond acceptors (Lipinski definition) is 11. The van der Waals surface area contributed by atoms with Gasteiger partial charge in [-0.05, 0) is 120 Å². The van der Waals surface area contributed by atoms with Crippen LogP contribution in [-0.4, -0.2) is 119 Å². The highest BCUT2D eigenvalue weighted by molar-refractivity contribution is 6.01. The minimum Gasteiger partial charge on any atom is -0.478 e. The molecule has 0 bridgehead atoms. The fourth-order valence-electron chi connectivity index (χ4n) is 11.5. The number of fused-ring (bicyclic) bond motifs is 3. The Hall–Kier alpha value is -9.31. The number of alkyl carbamates (subject to hydrolysis) is 1. The standard InChI is InChI=1S/C70H93N11O11/c1-41(2)55(35-44(6)66(88)89)80(14)65(87)61(69(7,8)9)78-64(86)60(72-12)70(10,11)52-39-79(13)56-36-46(27-30-51(52)56)37-74-68(91)92-40-45-25-28-49(29-26-45)75-62(84)53(23-19-33-73-67(71)90)76-63(85)59(42(3)4)77-57(82)31-32-58(83)81-38-48-21-15-17-22-50(48)43(5)34-47-20-16-18-24-54(47)81/h15-18,20-22,24-30,34-36,39,41-42,53,55,59-61,72H,19,23,31-33,37-38,40H2,1-14H3,(H,74,91)(H,75,84)(H,76,85)(H,77,82)(H,78,86)(H,88,89)(H3,71,73,90)/b43-34-,44-35+/t53-,55+,59-,60-,61+/m0/s1. The van der Waals surface area contributed by atoms with Gasteiger partial charge in [0.05, 0.1) is 24.3 Å². The maximum atomic E-state index is 14.4. The maximum absolute atomic E-state index is 14.4. The van der Waals surface area contributed by atoms with Crippen molar-refractivity contribution in [2.24, 2.45) is 30.0 Å². The summed E-state index contributed by atoms with van der Waals surface area (Å²) < 4.78 is 7.51. The molecule has 494 valence electrons. The van der Waals surface area contributed by atoms with Crippen molar-refractivity contribution in [2.45, 2.75) is 157 Å². The van der Waals surface area contributed by atoms with Gasteiger partial charge in [-0.1, -0.05) is 135 Å². The zero-order chi connectivity index (χ0) is 67.9. The number of hydrogen-bond donors (Lipinski definition) is 9. The second-order valence-corrected chi connectivity index (χ2v) is 26.0. The van der Waals surface area contributed by atoms with Crippen molar-refractivity contribution >= 4 is 87.5 Å². The molecule has 0 radical (unpaired) electrons. The van der Waals surface area contributed by atoms with E-state index in [1.54, 1.807) is 63.2 Å². The van der Waals surface area contributed by atoms with Gasteiger partial charge in [0.15, 0.2) is 0 Å². The monoisotopic (exact) mass is 1260 g/mol. The van der Waals surface area contributed by atoms with E-state index in [2.05, 4.69) is 37.2 Å². The number of para-hydroxylation sites is 1. The fraction of sp³-hybridized carbons (Fsp3) is 0.443. The molecule has 0 aliphatic carbocycles. The number of carbonyl (C=O) groups is 9. The highest BCUT2D eigenvalue weighted by Gasteiger charge is 2.43. The largest absolute Gasteiger partial charge is 0.478 e. The fourth-order valence-corrected chi connectivity index (χ4v) is 11.5. The quantitative estimate of drug-likeness (QED) is 0.0177. The Morgan fingerprint density at radius 2 is 1.45 bits per heavy atom. The lowest BCUT2D eigenvalue weighted by Gasteiger charge is -2.39. The average molecular weight is 1260 g/mol. The first-order chi connectivity index (χ1) is 43.3. The first-order valence-electron chi connectivity index (χ1n) is 31.2. The van der Waals surface area contributed by atoms with Crippen LogP contribution < -0.4 is 47.9 Å². The van der Waals surface area contributed by atoms with Gasteiger partial charge >= 0.3 is 18.1 Å². The number of carbonyl (C=O) groups excluding carboxylic acids is 8. The number of likely N-dealkylation sites (N-methyl/N-ethyl adjacent to an activating group) is 2. The molecule has 92 heavy (non-hydrogen) atoms. The number of ether oxygens (including phenoxy) is 1. The molecule has 5 atom stereocenters. The number of allylic oxidation sites excluding steroid dienone is 1. The van der Waals surface area contributed by atoms with Gasteiger partial charge in [-0.2, -0.15) is 0 Å². The van der Waals surface area contributed by atoms with Crippen molar-refractivity contribution < 1.29 is 53.0 Å². The summed E-state index contributed by atoms with van der Waals surface area (Å²) in [7, 11) is 5.22. The number of benzene rings is 4. The number of aromatic nitrogens is 1. The predicted molar refractivity (Wildman–Crippen MR) is 357 cm³/mol. The van der Waals surface area contributed by atoms with E-state index in [1.807, 2.05) is 146 Å². The normalized spacial score (nSPS) is 14.8. The molecule has 0 fully saturated rings. The Labute approximate surface area is 539 Å². The summed E-state index contributed by atoms with van der Waals surface area (Å²) in [4.78, 5) is 123. The lowest BCUT2D eigenvalue weighted by Crippen LogP contribution is -2.61. The number of carboxylic acids is 1. The summed E-state index contributed by atoms with van der Waals surface area (Å²) in [5.74, 6) is -4.29. The van der Waals surface area contributed by atoms with Crippen LogP contribution in [0.3, 0.4) is 0 Å². The highest BCUT2D eigenvalue weighted by Crippen LogP contribution is 2.37. The van der Waals surface area contributed by atoms with Crippen LogP contribution in [0.5, 0.6) is 0 Å². The Morgan fingerprint density at radius 3 is 2.09 bits per heavy atom. The van der Waals surface area contributed by atoms with Crippen LogP contribution in [-0.2, 0) is 70.5 Å². The Kier molecular flexibility index (Phi) is 24.7. The number of rotatable bonds is 27. The number of carboxylic acid groups (broad SMARTS) is 1. The second-order valence-electron chi connectivity index (χ2n) is 26.0. The smallest absolute Gasteiger partial charge is 0.407 e. The zero-order valence-electron chi connectivity index (χ0n) is 55.5. The van der Waals surface area contributed by atoms with Gasteiger partial charge < -0.3 is 67.2 Å². The molecule has 4 aromatic carbocycles. The van der Waals surface area contributed by atoms with E-state index in [-0.39, 0.29) is 74.6 Å². The third-order valence-electron chi connectivity index (χ3n) is 16.8. The summed E-state index contributed by atoms with van der Waals surface area (Å²) in [6, 6.07) is 22.7. The molecule has 0 saturated heterocycles. The molecule has 22 nitrogen and oxygen atoms in total. The van der Waals surface area contributed by atoms with Crippen LogP contribution in [0.4, 0.5) is 21.0 Å². The van der Waals surface area contributed by atoms with Crippen molar-refractivity contribution in [3.8, 4) is 0 Å². The number of primary amides is 1. The first kappa shape index (κ1) is 71.8. The molecule has 6 rings (SSSR count). The number of aryl methyl sites for hydroxylation is 1. The molecule has 1 aliphatic heterocycles. The van der Waals surface area contributed by atoms with Crippen LogP contribution in [0.2, 0.25) is 0 Å². The molecule has 1 aromatic heterocycles. The molecule has 2 heterocycles. The summed E-state index contributed by atoms with van der Waals surface area (Å²) in [6.07, 6.45) is 4.95. The zero-order valence-corrected chi connectivity index (χ0v) is 55.5. The van der Waals surface area contributed by atoms with Crippen molar-refractivity contribution in [1.29, 1.82) is 0 Å². The van der Waals surface area contributed by atoms with Crippen molar-refractivity contribution in [2.75, 3.05) is 30.9 Å². The number of nitrogens with zero attached hydrogens (tertiary/aromatic N) is 3. The van der Waals surface area contributed by atoms with Gasteiger partial charge in [-0.3, -0.25) is 28.8 Å². The predicted octanol–water partition coefficient (Wildman–Crippen LogP) is 8.42. The molecule has 10 N–H and O–H groups in total. The molecular weight excluding hydrogens is 1170 g/mol. The van der Waals surface area contributed by atoms with Gasteiger partial charge in [0.2, 0.25) is 35.4 Å². The van der Waals surface area contributed by atoms with E-state index in [4.69, 9.17) is 10.5 Å². The third kappa shape index (κ3) is 18.7. The maximum Gasteiger partial charge on any atom is 0.407 e. The van der Waals surface area contributed by atoms with Gasteiger partial charge in [0.1, 0.15) is 24.7 Å². The summed E-state index contributed by atoms with van der Waals surface area (Å²) in [6.45, 7) is 20.8. The van der Waals surface area contributed by atoms with E-state index in [0.29, 0.717) is 17.8 Å².